The van der Waals surface area contributed by atoms with Crippen molar-refractivity contribution < 1.29 is 4.74 Å². The van der Waals surface area contributed by atoms with Crippen molar-refractivity contribution in [3.05, 3.63) is 0 Å². The highest BCUT2D eigenvalue weighted by molar-refractivity contribution is 5.04. The summed E-state index contributed by atoms with van der Waals surface area (Å²) >= 11 is 0. The summed E-state index contributed by atoms with van der Waals surface area (Å²) in [6, 6.07) is 0. The Bertz CT molecular complexity index is 221. The van der Waals surface area contributed by atoms with Gasteiger partial charge in [0.05, 0.1) is 5.60 Å². The van der Waals surface area contributed by atoms with Gasteiger partial charge in [0, 0.05) is 6.61 Å². The minimum absolute atomic E-state index is 0.338. The number of fused-ring (bicyclic) bond motifs is 6. The maximum absolute atomic E-state index is 6.17. The van der Waals surface area contributed by atoms with Crippen LogP contribution in [-0.4, -0.2) is 12.2 Å². The lowest BCUT2D eigenvalue weighted by molar-refractivity contribution is -0.135. The molecule has 3 aliphatic rings. The van der Waals surface area contributed by atoms with Crippen molar-refractivity contribution in [1.82, 2.24) is 0 Å². The van der Waals surface area contributed by atoms with Crippen LogP contribution in [0.5, 0.6) is 0 Å². The fourth-order valence-electron chi connectivity index (χ4n) is 4.54. The molecule has 4 bridgehead atoms. The van der Waals surface area contributed by atoms with Crippen LogP contribution in [0.15, 0.2) is 0 Å². The maximum atomic E-state index is 6.17. The van der Waals surface area contributed by atoms with Crippen molar-refractivity contribution in [1.29, 1.82) is 0 Å². The third kappa shape index (κ3) is 1.18. The van der Waals surface area contributed by atoms with Gasteiger partial charge in [0.1, 0.15) is 0 Å². The fraction of sp³-hybridized carbons (Fsp3) is 1.00. The molecule has 3 saturated carbocycles. The smallest absolute Gasteiger partial charge is 0.0713 e. The molecule has 0 heterocycles. The van der Waals surface area contributed by atoms with Gasteiger partial charge in [-0.05, 0) is 63.2 Å². The molecule has 0 aromatic heterocycles. The van der Waals surface area contributed by atoms with Crippen molar-refractivity contribution >= 4 is 0 Å². The number of ether oxygens (including phenoxy) is 1. The Kier molecular flexibility index (Phi) is 2.12. The molecular weight excluding hydrogens is 172 g/mol. The largest absolute Gasteiger partial charge is 0.375 e. The normalized spacial score (nSPS) is 50.8. The Labute approximate surface area is 87.2 Å². The van der Waals surface area contributed by atoms with E-state index in [-0.39, 0.29) is 0 Å². The summed E-state index contributed by atoms with van der Waals surface area (Å²) in [5.41, 5.74) is 0.338. The van der Waals surface area contributed by atoms with Crippen molar-refractivity contribution in [3.8, 4) is 0 Å². The van der Waals surface area contributed by atoms with Crippen LogP contribution in [0, 0.1) is 17.8 Å². The molecule has 0 amide bonds. The van der Waals surface area contributed by atoms with Gasteiger partial charge in [-0.3, -0.25) is 0 Å². The average molecular weight is 194 g/mol. The molecule has 0 aromatic rings. The van der Waals surface area contributed by atoms with Crippen molar-refractivity contribution in [2.24, 2.45) is 17.8 Å². The van der Waals surface area contributed by atoms with Crippen LogP contribution in [0.2, 0.25) is 0 Å². The summed E-state index contributed by atoms with van der Waals surface area (Å²) in [6.07, 6.45) is 10.1. The average Bonchev–Trinajstić information content (AvgIpc) is 2.64. The minimum Gasteiger partial charge on any atom is -0.375 e. The van der Waals surface area contributed by atoms with Gasteiger partial charge < -0.3 is 4.74 Å². The predicted octanol–water partition coefficient (Wildman–Crippen LogP) is 3.38. The lowest BCUT2D eigenvalue weighted by Crippen LogP contribution is -2.48. The Balaban J connectivity index is 1.87. The quantitative estimate of drug-likeness (QED) is 0.655. The molecule has 14 heavy (non-hydrogen) atoms. The summed E-state index contributed by atoms with van der Waals surface area (Å²) in [6.45, 7) is 3.09. The molecule has 0 saturated heterocycles. The molecule has 0 N–H and O–H groups in total. The van der Waals surface area contributed by atoms with E-state index in [0.29, 0.717) is 5.60 Å². The predicted molar refractivity (Wildman–Crippen MR) is 57.1 cm³/mol. The van der Waals surface area contributed by atoms with E-state index >= 15 is 0 Å². The standard InChI is InChI=1S/C13H22O/c1-2-14-13-7-3-4-11(9-13)10-5-6-12(13)8-10/h10-12H,2-9H2,1H3/t10-,11-,12+,13+/m0/s1. The van der Waals surface area contributed by atoms with Gasteiger partial charge in [0.15, 0.2) is 0 Å². The topological polar surface area (TPSA) is 9.23 Å². The van der Waals surface area contributed by atoms with Gasteiger partial charge in [0.2, 0.25) is 0 Å². The van der Waals surface area contributed by atoms with E-state index in [2.05, 4.69) is 6.92 Å². The van der Waals surface area contributed by atoms with Crippen LogP contribution in [0.1, 0.15) is 51.9 Å². The van der Waals surface area contributed by atoms with Gasteiger partial charge in [-0.25, -0.2) is 0 Å². The fourth-order valence-corrected chi connectivity index (χ4v) is 4.54. The summed E-state index contributed by atoms with van der Waals surface area (Å²) in [5.74, 6) is 3.02. The third-order valence-electron chi connectivity index (χ3n) is 5.10. The van der Waals surface area contributed by atoms with Crippen LogP contribution in [0.4, 0.5) is 0 Å². The Morgan fingerprint density at radius 2 is 2.14 bits per heavy atom. The molecule has 0 aromatic carbocycles. The van der Waals surface area contributed by atoms with E-state index in [1.54, 1.807) is 0 Å². The van der Waals surface area contributed by atoms with Gasteiger partial charge in [-0.15, -0.1) is 0 Å². The second-order valence-electron chi connectivity index (χ2n) is 5.62. The highest BCUT2D eigenvalue weighted by Crippen LogP contribution is 2.57. The molecule has 3 fully saturated rings. The van der Waals surface area contributed by atoms with Gasteiger partial charge in [-0.2, -0.15) is 0 Å². The van der Waals surface area contributed by atoms with Gasteiger partial charge in [0.25, 0.3) is 0 Å². The molecular formula is C13H22O. The molecule has 3 aliphatic carbocycles. The SMILES string of the molecule is CCO[C@]12CCC[C@@H](C1)[C@H]1CC[C@@H]2C1. The van der Waals surface area contributed by atoms with Crippen LogP contribution in [-0.2, 0) is 4.74 Å². The van der Waals surface area contributed by atoms with E-state index in [1.807, 2.05) is 0 Å². The highest BCUT2D eigenvalue weighted by atomic mass is 16.5. The highest BCUT2D eigenvalue weighted by Gasteiger charge is 2.53. The number of hydrogen-bond acceptors (Lipinski definition) is 1. The van der Waals surface area contributed by atoms with Crippen LogP contribution >= 0.6 is 0 Å². The molecule has 3 rings (SSSR count). The first-order valence-corrected chi connectivity index (χ1v) is 6.48. The first kappa shape index (κ1) is 9.21. The van der Waals surface area contributed by atoms with E-state index in [9.17, 15) is 0 Å². The first-order chi connectivity index (χ1) is 6.84. The van der Waals surface area contributed by atoms with Crippen LogP contribution in [0.3, 0.4) is 0 Å². The van der Waals surface area contributed by atoms with Crippen LogP contribution in [0.25, 0.3) is 0 Å². The molecule has 0 radical (unpaired) electrons. The summed E-state index contributed by atoms with van der Waals surface area (Å²) in [4.78, 5) is 0. The van der Waals surface area contributed by atoms with E-state index < -0.39 is 0 Å². The van der Waals surface area contributed by atoms with E-state index in [1.165, 1.54) is 44.9 Å². The van der Waals surface area contributed by atoms with Crippen molar-refractivity contribution in [2.45, 2.75) is 57.5 Å². The third-order valence-corrected chi connectivity index (χ3v) is 5.10. The summed E-state index contributed by atoms with van der Waals surface area (Å²) < 4.78 is 6.17. The molecule has 1 heteroatoms. The molecule has 0 unspecified atom stereocenters. The van der Waals surface area contributed by atoms with Crippen molar-refractivity contribution in [2.75, 3.05) is 6.61 Å². The molecule has 0 aliphatic heterocycles. The molecule has 80 valence electrons. The number of hydrogen-bond donors (Lipinski definition) is 0. The van der Waals surface area contributed by atoms with Crippen molar-refractivity contribution in [3.63, 3.8) is 0 Å². The Morgan fingerprint density at radius 1 is 1.21 bits per heavy atom. The van der Waals surface area contributed by atoms with E-state index in [0.717, 1.165) is 24.4 Å². The Hall–Kier alpha value is -0.0400. The maximum Gasteiger partial charge on any atom is 0.0713 e. The van der Waals surface area contributed by atoms with Gasteiger partial charge >= 0.3 is 0 Å². The second kappa shape index (κ2) is 3.23. The zero-order chi connectivity index (χ0) is 9.60. The van der Waals surface area contributed by atoms with Gasteiger partial charge in [-0.1, -0.05) is 6.42 Å². The monoisotopic (exact) mass is 194 g/mol. The minimum atomic E-state index is 0.338. The first-order valence-electron chi connectivity index (χ1n) is 6.48. The summed E-state index contributed by atoms with van der Waals surface area (Å²) in [5, 5.41) is 0. The lowest BCUT2D eigenvalue weighted by atomic mass is 9.63. The number of rotatable bonds is 2. The summed E-state index contributed by atoms with van der Waals surface area (Å²) in [7, 11) is 0. The Morgan fingerprint density at radius 3 is 3.00 bits per heavy atom. The van der Waals surface area contributed by atoms with E-state index in [4.69, 9.17) is 4.74 Å². The molecule has 1 nitrogen and oxygen atoms in total. The lowest BCUT2D eigenvalue weighted by Gasteiger charge is -2.49. The molecule has 0 spiro atoms. The van der Waals surface area contributed by atoms with Crippen LogP contribution < -0.4 is 0 Å². The zero-order valence-corrected chi connectivity index (χ0v) is 9.30. The second-order valence-corrected chi connectivity index (χ2v) is 5.62. The molecule has 4 atom stereocenters. The zero-order valence-electron chi connectivity index (χ0n) is 9.30.